The van der Waals surface area contributed by atoms with Crippen LogP contribution in [0.4, 0.5) is 0 Å². The van der Waals surface area contributed by atoms with Crippen LogP contribution in [0.25, 0.3) is 0 Å². The second-order valence-electron chi connectivity index (χ2n) is 8.02. The summed E-state index contributed by atoms with van der Waals surface area (Å²) in [7, 11) is 1.39. The smallest absolute Gasteiger partial charge is 0.308 e. The van der Waals surface area contributed by atoms with Gasteiger partial charge < -0.3 is 14.5 Å². The van der Waals surface area contributed by atoms with Gasteiger partial charge in [0.2, 0.25) is 5.91 Å². The first-order valence-corrected chi connectivity index (χ1v) is 10.9. The number of amides is 2. The largest absolute Gasteiger partial charge is 0.469 e. The summed E-state index contributed by atoms with van der Waals surface area (Å²) in [6, 6.07) is 14.2. The highest BCUT2D eigenvalue weighted by atomic mass is 35.5. The summed E-state index contributed by atoms with van der Waals surface area (Å²) < 4.78 is 4.84. The van der Waals surface area contributed by atoms with Crippen molar-refractivity contribution >= 4 is 29.4 Å². The molecule has 2 heterocycles. The summed E-state index contributed by atoms with van der Waals surface area (Å²) >= 11 is 6.29. The van der Waals surface area contributed by atoms with Crippen LogP contribution in [0, 0.1) is 5.92 Å². The highest BCUT2D eigenvalue weighted by molar-refractivity contribution is 6.33. The number of ether oxygens (including phenoxy) is 1. The van der Waals surface area contributed by atoms with Gasteiger partial charge in [-0.15, -0.1) is 0 Å². The number of piperidine rings is 1. The zero-order chi connectivity index (χ0) is 22.0. The van der Waals surface area contributed by atoms with Crippen LogP contribution in [0.15, 0.2) is 48.5 Å². The van der Waals surface area contributed by atoms with Crippen molar-refractivity contribution in [2.75, 3.05) is 20.2 Å². The summed E-state index contributed by atoms with van der Waals surface area (Å²) in [5.74, 6) is -0.739. The lowest BCUT2D eigenvalue weighted by atomic mass is 9.91. The molecule has 31 heavy (non-hydrogen) atoms. The lowest BCUT2D eigenvalue weighted by Crippen LogP contribution is -2.55. The summed E-state index contributed by atoms with van der Waals surface area (Å²) in [5, 5.41) is 0.372. The Morgan fingerprint density at radius 1 is 0.968 bits per heavy atom. The van der Waals surface area contributed by atoms with Gasteiger partial charge in [-0.25, -0.2) is 0 Å². The molecular formula is C24H25ClN2O4. The molecule has 0 aromatic heterocycles. The van der Waals surface area contributed by atoms with Gasteiger partial charge in [-0.2, -0.15) is 0 Å². The van der Waals surface area contributed by atoms with Gasteiger partial charge in [-0.3, -0.25) is 14.4 Å². The molecule has 1 fully saturated rings. The maximum atomic E-state index is 13.5. The van der Waals surface area contributed by atoms with Crippen molar-refractivity contribution in [2.24, 2.45) is 5.92 Å². The Kier molecular flexibility index (Phi) is 6.28. The van der Waals surface area contributed by atoms with E-state index in [1.807, 2.05) is 24.3 Å². The Labute approximate surface area is 186 Å². The number of halogens is 1. The average Bonchev–Trinajstić information content (AvgIpc) is 2.82. The van der Waals surface area contributed by atoms with E-state index in [1.165, 1.54) is 7.11 Å². The molecule has 1 saturated heterocycles. The van der Waals surface area contributed by atoms with Crippen molar-refractivity contribution in [2.45, 2.75) is 31.8 Å². The molecule has 7 heteroatoms. The Morgan fingerprint density at radius 3 is 2.29 bits per heavy atom. The zero-order valence-corrected chi connectivity index (χ0v) is 18.2. The molecule has 162 valence electrons. The first-order chi connectivity index (χ1) is 15.0. The van der Waals surface area contributed by atoms with Gasteiger partial charge in [-0.05, 0) is 36.1 Å². The van der Waals surface area contributed by atoms with Gasteiger partial charge >= 0.3 is 5.97 Å². The number of carbonyl (C=O) groups is 3. The van der Waals surface area contributed by atoms with Crippen LogP contribution in [0.2, 0.25) is 5.02 Å². The van der Waals surface area contributed by atoms with E-state index in [9.17, 15) is 14.4 Å². The number of esters is 1. The van der Waals surface area contributed by atoms with Gasteiger partial charge in [0.25, 0.3) is 5.91 Å². The number of rotatable bonds is 3. The van der Waals surface area contributed by atoms with E-state index in [0.29, 0.717) is 49.5 Å². The molecule has 0 radical (unpaired) electrons. The maximum Gasteiger partial charge on any atom is 0.308 e. The molecule has 2 aromatic carbocycles. The van der Waals surface area contributed by atoms with Crippen LogP contribution >= 0.6 is 11.6 Å². The minimum absolute atomic E-state index is 0.0850. The van der Waals surface area contributed by atoms with E-state index in [1.54, 1.807) is 34.1 Å². The normalized spacial score (nSPS) is 19.0. The highest BCUT2D eigenvalue weighted by Crippen LogP contribution is 2.29. The summed E-state index contributed by atoms with van der Waals surface area (Å²) in [5.41, 5.74) is 2.51. The van der Waals surface area contributed by atoms with Gasteiger partial charge in [0.05, 0.1) is 23.6 Å². The molecule has 2 aliphatic heterocycles. The van der Waals surface area contributed by atoms with Gasteiger partial charge in [0.15, 0.2) is 0 Å². The molecule has 1 atom stereocenters. The number of hydrogen-bond donors (Lipinski definition) is 0. The number of nitrogens with zero attached hydrogens (tertiary/aromatic N) is 2. The molecule has 0 bridgehead atoms. The minimum Gasteiger partial charge on any atom is -0.469 e. The maximum absolute atomic E-state index is 13.5. The van der Waals surface area contributed by atoms with Crippen LogP contribution in [0.5, 0.6) is 0 Å². The second kappa shape index (κ2) is 9.10. The van der Waals surface area contributed by atoms with E-state index >= 15 is 0 Å². The molecule has 0 saturated carbocycles. The fourth-order valence-electron chi connectivity index (χ4n) is 4.46. The summed E-state index contributed by atoms with van der Waals surface area (Å²) in [6.07, 6.45) is 1.60. The molecule has 2 aromatic rings. The monoisotopic (exact) mass is 440 g/mol. The first-order valence-electron chi connectivity index (χ1n) is 10.5. The minimum atomic E-state index is -0.603. The van der Waals surface area contributed by atoms with Gasteiger partial charge in [0.1, 0.15) is 6.04 Å². The number of benzene rings is 2. The van der Waals surface area contributed by atoms with Gasteiger partial charge in [-0.1, -0.05) is 48.0 Å². The Hall–Kier alpha value is -2.86. The SMILES string of the molecule is COC(=O)C1CCN(C(=O)C2Cc3ccccc3CN2C(=O)c2ccccc2Cl)CC1. The van der Waals surface area contributed by atoms with Crippen molar-refractivity contribution in [3.63, 3.8) is 0 Å². The van der Waals surface area contributed by atoms with Crippen molar-refractivity contribution in [3.8, 4) is 0 Å². The average molecular weight is 441 g/mol. The molecular weight excluding hydrogens is 416 g/mol. The lowest BCUT2D eigenvalue weighted by Gasteiger charge is -2.40. The molecule has 0 spiro atoms. The van der Waals surface area contributed by atoms with Crippen LogP contribution in [-0.2, 0) is 27.3 Å². The third-order valence-electron chi connectivity index (χ3n) is 6.24. The van der Waals surface area contributed by atoms with Crippen molar-refractivity contribution in [1.29, 1.82) is 0 Å². The van der Waals surface area contributed by atoms with E-state index in [0.717, 1.165) is 11.1 Å². The van der Waals surface area contributed by atoms with Crippen LogP contribution in [0.1, 0.15) is 34.3 Å². The number of hydrogen-bond acceptors (Lipinski definition) is 4. The van der Waals surface area contributed by atoms with Crippen molar-refractivity contribution in [1.82, 2.24) is 9.80 Å². The highest BCUT2D eigenvalue weighted by Gasteiger charge is 2.39. The fourth-order valence-corrected chi connectivity index (χ4v) is 4.68. The number of carbonyl (C=O) groups excluding carboxylic acids is 3. The quantitative estimate of drug-likeness (QED) is 0.687. The molecule has 2 amide bonds. The standard InChI is InChI=1S/C24H25ClN2O4/c1-31-24(30)16-10-12-26(13-11-16)23(29)21-14-17-6-2-3-7-18(17)15-27(21)22(28)19-8-4-5-9-20(19)25/h2-9,16,21H,10-15H2,1H3. The summed E-state index contributed by atoms with van der Waals surface area (Å²) in [6.45, 7) is 1.31. The third kappa shape index (κ3) is 4.30. The predicted octanol–water partition coefficient (Wildman–Crippen LogP) is 3.32. The molecule has 0 aliphatic carbocycles. The van der Waals surface area contributed by atoms with Crippen molar-refractivity contribution in [3.05, 3.63) is 70.2 Å². The predicted molar refractivity (Wildman–Crippen MR) is 117 cm³/mol. The number of fused-ring (bicyclic) bond motifs is 1. The van der Waals surface area contributed by atoms with Crippen LogP contribution in [0.3, 0.4) is 0 Å². The Morgan fingerprint density at radius 2 is 1.61 bits per heavy atom. The first kappa shape index (κ1) is 21.4. The van der Waals surface area contributed by atoms with Crippen LogP contribution in [-0.4, -0.2) is 53.8 Å². The summed E-state index contributed by atoms with van der Waals surface area (Å²) in [4.78, 5) is 42.2. The third-order valence-corrected chi connectivity index (χ3v) is 6.57. The topological polar surface area (TPSA) is 66.9 Å². The second-order valence-corrected chi connectivity index (χ2v) is 8.43. The van der Waals surface area contributed by atoms with E-state index in [2.05, 4.69) is 0 Å². The molecule has 4 rings (SSSR count). The van der Waals surface area contributed by atoms with E-state index in [4.69, 9.17) is 16.3 Å². The van der Waals surface area contributed by atoms with Crippen molar-refractivity contribution < 1.29 is 19.1 Å². The number of methoxy groups -OCH3 is 1. The molecule has 2 aliphatic rings. The van der Waals surface area contributed by atoms with Gasteiger partial charge in [0, 0.05) is 26.1 Å². The van der Waals surface area contributed by atoms with Crippen LogP contribution < -0.4 is 0 Å². The lowest BCUT2D eigenvalue weighted by molar-refractivity contribution is -0.149. The fraction of sp³-hybridized carbons (Fsp3) is 0.375. The van der Waals surface area contributed by atoms with E-state index in [-0.39, 0.29) is 23.7 Å². The number of likely N-dealkylation sites (tertiary alicyclic amines) is 1. The molecule has 0 N–H and O–H groups in total. The Balaban J connectivity index is 1.59. The molecule has 6 nitrogen and oxygen atoms in total. The Bertz CT molecular complexity index is 1000. The van der Waals surface area contributed by atoms with E-state index < -0.39 is 6.04 Å². The zero-order valence-electron chi connectivity index (χ0n) is 17.4. The molecule has 1 unspecified atom stereocenters.